The molecule has 0 radical (unpaired) electrons. The van der Waals surface area contributed by atoms with Crippen LogP contribution in [0.15, 0.2) is 48.5 Å². The van der Waals surface area contributed by atoms with E-state index in [2.05, 4.69) is 40.2 Å². The molecule has 3 aliphatic heterocycles. The van der Waals surface area contributed by atoms with Crippen LogP contribution in [-0.4, -0.2) is 47.8 Å². The maximum Gasteiger partial charge on any atom is 0.255 e. The standard InChI is InChI=1S/C24H26N4O3/c29-22-10-9-21(23(30)27-22)28-14-19-16(7-4-8-17(19)24(28)31)11-25-13-20-18(12-26-20)15-5-2-1-3-6-15/h1-8,18,20-21,25-26H,9-14H2,(H,27,29,30)/t18-,20-,21?/m0/s1. The van der Waals surface area contributed by atoms with Crippen molar-refractivity contribution in [3.63, 3.8) is 0 Å². The lowest BCUT2D eigenvalue weighted by Crippen LogP contribution is -2.55. The quantitative estimate of drug-likeness (QED) is 0.615. The first-order valence-corrected chi connectivity index (χ1v) is 10.9. The van der Waals surface area contributed by atoms with Gasteiger partial charge in [0.1, 0.15) is 6.04 Å². The lowest BCUT2D eigenvalue weighted by atomic mass is 9.85. The van der Waals surface area contributed by atoms with E-state index in [1.165, 1.54) is 5.56 Å². The molecule has 3 atom stereocenters. The number of nitrogens with one attached hydrogen (secondary N) is 3. The molecule has 160 valence electrons. The average Bonchev–Trinajstić information content (AvgIpc) is 3.08. The maximum atomic E-state index is 12.9. The molecule has 2 aromatic carbocycles. The van der Waals surface area contributed by atoms with Crippen molar-refractivity contribution in [1.82, 2.24) is 20.9 Å². The van der Waals surface area contributed by atoms with Crippen molar-refractivity contribution in [2.75, 3.05) is 13.1 Å². The molecule has 3 heterocycles. The molecular weight excluding hydrogens is 392 g/mol. The Labute approximate surface area is 181 Å². The van der Waals surface area contributed by atoms with E-state index in [1.807, 2.05) is 24.3 Å². The summed E-state index contributed by atoms with van der Waals surface area (Å²) >= 11 is 0. The van der Waals surface area contributed by atoms with E-state index < -0.39 is 6.04 Å². The Morgan fingerprint density at radius 3 is 2.61 bits per heavy atom. The van der Waals surface area contributed by atoms with Crippen LogP contribution in [0.3, 0.4) is 0 Å². The summed E-state index contributed by atoms with van der Waals surface area (Å²) in [7, 11) is 0. The third-order valence-electron chi connectivity index (χ3n) is 6.67. The largest absolute Gasteiger partial charge is 0.322 e. The van der Waals surface area contributed by atoms with E-state index in [1.54, 1.807) is 4.90 Å². The Balaban J connectivity index is 1.23. The minimum absolute atomic E-state index is 0.129. The zero-order chi connectivity index (χ0) is 21.4. The van der Waals surface area contributed by atoms with Crippen LogP contribution in [0, 0.1) is 0 Å². The summed E-state index contributed by atoms with van der Waals surface area (Å²) in [5.41, 5.74) is 4.08. The van der Waals surface area contributed by atoms with Gasteiger partial charge in [0.15, 0.2) is 0 Å². The van der Waals surface area contributed by atoms with Crippen molar-refractivity contribution in [2.45, 2.75) is 43.9 Å². The van der Waals surface area contributed by atoms with Crippen molar-refractivity contribution in [2.24, 2.45) is 0 Å². The van der Waals surface area contributed by atoms with Crippen LogP contribution in [0.1, 0.15) is 45.8 Å². The molecule has 0 aromatic heterocycles. The summed E-state index contributed by atoms with van der Waals surface area (Å²) in [5, 5.41) is 9.40. The van der Waals surface area contributed by atoms with Crippen molar-refractivity contribution in [3.05, 3.63) is 70.8 Å². The van der Waals surface area contributed by atoms with Gasteiger partial charge in [0.2, 0.25) is 11.8 Å². The molecule has 2 fully saturated rings. The van der Waals surface area contributed by atoms with Gasteiger partial charge in [-0.2, -0.15) is 0 Å². The van der Waals surface area contributed by atoms with E-state index in [4.69, 9.17) is 0 Å². The molecule has 3 aliphatic rings. The van der Waals surface area contributed by atoms with E-state index in [-0.39, 0.29) is 24.1 Å². The second-order valence-corrected chi connectivity index (χ2v) is 8.51. The number of carbonyl (C=O) groups excluding carboxylic acids is 3. The maximum absolute atomic E-state index is 12.9. The van der Waals surface area contributed by atoms with Gasteiger partial charge in [0, 0.05) is 50.1 Å². The summed E-state index contributed by atoms with van der Waals surface area (Å²) in [4.78, 5) is 38.3. The molecule has 0 bridgehead atoms. The zero-order valence-corrected chi connectivity index (χ0v) is 17.3. The number of carbonyl (C=O) groups is 3. The van der Waals surface area contributed by atoms with Crippen molar-refractivity contribution >= 4 is 17.7 Å². The molecule has 1 unspecified atom stereocenters. The molecule has 7 nitrogen and oxygen atoms in total. The van der Waals surface area contributed by atoms with Crippen molar-refractivity contribution in [1.29, 1.82) is 0 Å². The minimum atomic E-state index is -0.579. The normalized spacial score (nSPS) is 25.2. The van der Waals surface area contributed by atoms with Gasteiger partial charge in [-0.25, -0.2) is 0 Å². The SMILES string of the molecule is O=C1CCC(N2Cc3c(CNC[C@@H]4NC[C@H]4c4ccccc4)cccc3C2=O)C(=O)N1. The number of fused-ring (bicyclic) bond motifs is 1. The molecule has 0 aliphatic carbocycles. The first kappa shape index (κ1) is 19.9. The number of nitrogens with zero attached hydrogens (tertiary/aromatic N) is 1. The number of rotatable bonds is 6. The molecule has 0 spiro atoms. The molecule has 2 aromatic rings. The van der Waals surface area contributed by atoms with E-state index in [0.29, 0.717) is 37.0 Å². The van der Waals surface area contributed by atoms with Crippen LogP contribution in [0.25, 0.3) is 0 Å². The number of hydrogen-bond donors (Lipinski definition) is 3. The minimum Gasteiger partial charge on any atom is -0.322 e. The number of imide groups is 1. The van der Waals surface area contributed by atoms with Crippen LogP contribution < -0.4 is 16.0 Å². The predicted octanol–water partition coefficient (Wildman–Crippen LogP) is 1.29. The third kappa shape index (κ3) is 3.75. The Hall–Kier alpha value is -3.03. The van der Waals surface area contributed by atoms with Gasteiger partial charge in [0.25, 0.3) is 5.91 Å². The van der Waals surface area contributed by atoms with Crippen LogP contribution in [0.2, 0.25) is 0 Å². The fourth-order valence-corrected chi connectivity index (χ4v) is 4.84. The van der Waals surface area contributed by atoms with Gasteiger partial charge in [0.05, 0.1) is 0 Å². The number of piperidine rings is 1. The predicted molar refractivity (Wildman–Crippen MR) is 115 cm³/mol. The molecular formula is C24H26N4O3. The molecule has 3 amide bonds. The lowest BCUT2D eigenvalue weighted by molar-refractivity contribution is -0.136. The third-order valence-corrected chi connectivity index (χ3v) is 6.67. The van der Waals surface area contributed by atoms with Crippen LogP contribution in [0.5, 0.6) is 0 Å². The number of benzene rings is 2. The summed E-state index contributed by atoms with van der Waals surface area (Å²) in [6, 6.07) is 16.1. The average molecular weight is 418 g/mol. The Bertz CT molecular complexity index is 1020. The molecule has 3 N–H and O–H groups in total. The first-order valence-electron chi connectivity index (χ1n) is 10.9. The van der Waals surface area contributed by atoms with E-state index in [0.717, 1.165) is 24.2 Å². The van der Waals surface area contributed by atoms with Crippen LogP contribution in [-0.2, 0) is 22.7 Å². The summed E-state index contributed by atoms with van der Waals surface area (Å²) in [5.74, 6) is -0.260. The van der Waals surface area contributed by atoms with Crippen molar-refractivity contribution in [3.8, 4) is 0 Å². The molecule has 7 heteroatoms. The Morgan fingerprint density at radius 2 is 1.87 bits per heavy atom. The molecule has 5 rings (SSSR count). The first-order chi connectivity index (χ1) is 15.1. The monoisotopic (exact) mass is 418 g/mol. The highest BCUT2D eigenvalue weighted by molar-refractivity contribution is 6.05. The van der Waals surface area contributed by atoms with Crippen LogP contribution >= 0.6 is 0 Å². The van der Waals surface area contributed by atoms with E-state index >= 15 is 0 Å². The van der Waals surface area contributed by atoms with Gasteiger partial charge in [-0.05, 0) is 29.2 Å². The molecule has 31 heavy (non-hydrogen) atoms. The lowest BCUT2D eigenvalue weighted by Gasteiger charge is -2.38. The Morgan fingerprint density at radius 1 is 1.03 bits per heavy atom. The molecule has 2 saturated heterocycles. The zero-order valence-electron chi connectivity index (χ0n) is 17.3. The number of amides is 3. The second-order valence-electron chi connectivity index (χ2n) is 8.51. The van der Waals surface area contributed by atoms with Gasteiger partial charge < -0.3 is 15.5 Å². The fraction of sp³-hybridized carbons (Fsp3) is 0.375. The highest BCUT2D eigenvalue weighted by Gasteiger charge is 2.39. The summed E-state index contributed by atoms with van der Waals surface area (Å²) in [6.45, 7) is 2.91. The van der Waals surface area contributed by atoms with Gasteiger partial charge >= 0.3 is 0 Å². The summed E-state index contributed by atoms with van der Waals surface area (Å²) in [6.07, 6.45) is 0.647. The summed E-state index contributed by atoms with van der Waals surface area (Å²) < 4.78 is 0. The van der Waals surface area contributed by atoms with Gasteiger partial charge in [-0.15, -0.1) is 0 Å². The highest BCUT2D eigenvalue weighted by atomic mass is 16.2. The number of hydrogen-bond acceptors (Lipinski definition) is 5. The van der Waals surface area contributed by atoms with Crippen LogP contribution in [0.4, 0.5) is 0 Å². The smallest absolute Gasteiger partial charge is 0.255 e. The van der Waals surface area contributed by atoms with Crippen molar-refractivity contribution < 1.29 is 14.4 Å². The second kappa shape index (κ2) is 8.24. The molecule has 0 saturated carbocycles. The van der Waals surface area contributed by atoms with E-state index in [9.17, 15) is 14.4 Å². The highest BCUT2D eigenvalue weighted by Crippen LogP contribution is 2.30. The topological polar surface area (TPSA) is 90.5 Å². The fourth-order valence-electron chi connectivity index (χ4n) is 4.84. The van der Waals surface area contributed by atoms with Gasteiger partial charge in [-0.1, -0.05) is 42.5 Å². The van der Waals surface area contributed by atoms with Gasteiger partial charge in [-0.3, -0.25) is 19.7 Å². The Kier molecular flexibility index (Phi) is 5.29.